The first kappa shape index (κ1) is 13.6. The molecule has 2 aromatic rings. The highest BCUT2D eigenvalue weighted by atomic mass is 32.1. The Morgan fingerprint density at radius 1 is 1.29 bits per heavy atom. The van der Waals surface area contributed by atoms with Gasteiger partial charge in [0.2, 0.25) is 0 Å². The molecule has 1 aliphatic heterocycles. The molecule has 0 spiro atoms. The highest BCUT2D eigenvalue weighted by Crippen LogP contribution is 2.30. The van der Waals surface area contributed by atoms with Crippen molar-refractivity contribution < 1.29 is 0 Å². The number of anilines is 1. The third-order valence-corrected chi connectivity index (χ3v) is 5.56. The second-order valence-electron chi connectivity index (χ2n) is 6.48. The van der Waals surface area contributed by atoms with Gasteiger partial charge >= 0.3 is 0 Å². The summed E-state index contributed by atoms with van der Waals surface area (Å²) in [4.78, 5) is 8.64. The first-order valence-corrected chi connectivity index (χ1v) is 9.15. The monoisotopic (exact) mass is 304 g/mol. The predicted octanol–water partition coefficient (Wildman–Crippen LogP) is 3.42. The van der Waals surface area contributed by atoms with Gasteiger partial charge in [-0.25, -0.2) is 4.98 Å². The van der Waals surface area contributed by atoms with Gasteiger partial charge in [-0.15, -0.1) is 11.3 Å². The van der Waals surface area contributed by atoms with Crippen LogP contribution in [0.1, 0.15) is 51.1 Å². The van der Waals surface area contributed by atoms with E-state index in [0.29, 0.717) is 6.04 Å². The molecule has 114 valence electrons. The number of nitrogens with zero attached hydrogens (tertiary/aromatic N) is 3. The molecular weight excluding hydrogens is 280 g/mol. The van der Waals surface area contributed by atoms with E-state index in [0.717, 1.165) is 24.1 Å². The molecule has 2 fully saturated rings. The van der Waals surface area contributed by atoms with E-state index in [1.165, 1.54) is 50.0 Å². The topological polar surface area (TPSA) is 32.6 Å². The lowest BCUT2D eigenvalue weighted by Crippen LogP contribution is -2.34. The Labute approximate surface area is 130 Å². The van der Waals surface area contributed by atoms with Crippen molar-refractivity contribution in [3.8, 4) is 0 Å². The van der Waals surface area contributed by atoms with Crippen LogP contribution in [0, 0.1) is 0 Å². The number of hydrogen-bond acceptors (Lipinski definition) is 4. The molecule has 2 aliphatic rings. The Bertz CT molecular complexity index is 613. The van der Waals surface area contributed by atoms with Crippen LogP contribution in [0.15, 0.2) is 11.6 Å². The fraction of sp³-hybridized carbons (Fsp3) is 0.688. The number of fused-ring (bicyclic) bond motifs is 1. The Morgan fingerprint density at radius 2 is 2.19 bits per heavy atom. The van der Waals surface area contributed by atoms with E-state index in [-0.39, 0.29) is 0 Å². The van der Waals surface area contributed by atoms with Gasteiger partial charge in [0.1, 0.15) is 0 Å². The predicted molar refractivity (Wildman–Crippen MR) is 88.2 cm³/mol. The number of thiazole rings is 1. The average Bonchev–Trinajstić information content (AvgIpc) is 3.14. The molecule has 2 aromatic heterocycles. The van der Waals surface area contributed by atoms with Gasteiger partial charge in [-0.2, -0.15) is 0 Å². The molecule has 0 radical (unpaired) electrons. The molecule has 4 nitrogen and oxygen atoms in total. The molecule has 0 aromatic carbocycles. The van der Waals surface area contributed by atoms with Gasteiger partial charge in [0.05, 0.1) is 5.69 Å². The number of nitrogens with one attached hydrogen (secondary N) is 1. The second-order valence-corrected chi connectivity index (χ2v) is 7.36. The SMILES string of the molecule is CC1CCCCCN1c1nc2sccn2c1CNC1CC1. The Balaban J connectivity index is 1.67. The van der Waals surface area contributed by atoms with Crippen LogP contribution in [0.4, 0.5) is 5.82 Å². The lowest BCUT2D eigenvalue weighted by Gasteiger charge is -2.28. The van der Waals surface area contributed by atoms with Crippen LogP contribution in [-0.4, -0.2) is 28.0 Å². The van der Waals surface area contributed by atoms with Gasteiger partial charge in [0.25, 0.3) is 0 Å². The van der Waals surface area contributed by atoms with Crippen molar-refractivity contribution in [2.75, 3.05) is 11.4 Å². The molecular formula is C16H24N4S. The van der Waals surface area contributed by atoms with Crippen molar-refractivity contribution in [1.29, 1.82) is 0 Å². The summed E-state index contributed by atoms with van der Waals surface area (Å²) in [5, 5.41) is 5.81. The lowest BCUT2D eigenvalue weighted by atomic mass is 10.1. The minimum Gasteiger partial charge on any atom is -0.352 e. The number of rotatable bonds is 4. The minimum absolute atomic E-state index is 0.608. The van der Waals surface area contributed by atoms with Crippen molar-refractivity contribution in [3.05, 3.63) is 17.3 Å². The fourth-order valence-electron chi connectivity index (χ4n) is 3.33. The van der Waals surface area contributed by atoms with Crippen LogP contribution in [0.25, 0.3) is 4.96 Å². The quantitative estimate of drug-likeness (QED) is 0.939. The molecule has 3 heterocycles. The number of aromatic nitrogens is 2. The summed E-state index contributed by atoms with van der Waals surface area (Å²) < 4.78 is 2.28. The average molecular weight is 304 g/mol. The molecule has 1 saturated heterocycles. The molecule has 5 heteroatoms. The van der Waals surface area contributed by atoms with Gasteiger partial charge in [-0.1, -0.05) is 12.8 Å². The van der Waals surface area contributed by atoms with Gasteiger partial charge < -0.3 is 10.2 Å². The number of hydrogen-bond donors (Lipinski definition) is 1. The van der Waals surface area contributed by atoms with Crippen LogP contribution in [0.2, 0.25) is 0 Å². The molecule has 21 heavy (non-hydrogen) atoms. The van der Waals surface area contributed by atoms with E-state index >= 15 is 0 Å². The van der Waals surface area contributed by atoms with Crippen LogP contribution in [-0.2, 0) is 6.54 Å². The van der Waals surface area contributed by atoms with Gasteiger partial charge in [0.15, 0.2) is 10.8 Å². The second kappa shape index (κ2) is 5.61. The molecule has 1 atom stereocenters. The molecule has 1 unspecified atom stereocenters. The fourth-order valence-corrected chi connectivity index (χ4v) is 4.06. The normalized spacial score (nSPS) is 23.7. The molecule has 4 rings (SSSR count). The van der Waals surface area contributed by atoms with Crippen molar-refractivity contribution in [2.45, 2.75) is 64.1 Å². The summed E-state index contributed by atoms with van der Waals surface area (Å²) in [6.07, 6.45) is 10.1. The Hall–Kier alpha value is -1.07. The maximum atomic E-state index is 4.95. The Kier molecular flexibility index (Phi) is 3.63. The largest absolute Gasteiger partial charge is 0.352 e. The van der Waals surface area contributed by atoms with Crippen molar-refractivity contribution in [1.82, 2.24) is 14.7 Å². The zero-order chi connectivity index (χ0) is 14.2. The van der Waals surface area contributed by atoms with Gasteiger partial charge in [-0.3, -0.25) is 4.40 Å². The van der Waals surface area contributed by atoms with Crippen molar-refractivity contribution in [3.63, 3.8) is 0 Å². The summed E-state index contributed by atoms with van der Waals surface area (Å²) in [6.45, 7) is 4.46. The zero-order valence-corrected chi connectivity index (χ0v) is 13.5. The zero-order valence-electron chi connectivity index (χ0n) is 12.7. The van der Waals surface area contributed by atoms with Gasteiger partial charge in [-0.05, 0) is 32.6 Å². The van der Waals surface area contributed by atoms with Crippen LogP contribution in [0.3, 0.4) is 0 Å². The molecule has 0 bridgehead atoms. The molecule has 0 amide bonds. The van der Waals surface area contributed by atoms with Crippen molar-refractivity contribution in [2.24, 2.45) is 0 Å². The summed E-state index contributed by atoms with van der Waals surface area (Å²) in [6, 6.07) is 1.35. The molecule has 1 aliphatic carbocycles. The van der Waals surface area contributed by atoms with E-state index in [1.54, 1.807) is 11.3 Å². The van der Waals surface area contributed by atoms with Crippen LogP contribution >= 0.6 is 11.3 Å². The standard InChI is InChI=1S/C16H24N4S/c1-12-5-3-2-4-8-19(12)15-14(11-17-13-6-7-13)20-9-10-21-16(20)18-15/h9-10,12-13,17H,2-8,11H2,1H3. The number of imidazole rings is 1. The molecule has 1 N–H and O–H groups in total. The van der Waals surface area contributed by atoms with E-state index in [9.17, 15) is 0 Å². The van der Waals surface area contributed by atoms with Crippen molar-refractivity contribution >= 4 is 22.1 Å². The maximum absolute atomic E-state index is 4.95. The first-order chi connectivity index (χ1) is 10.3. The van der Waals surface area contributed by atoms with E-state index in [1.807, 2.05) is 0 Å². The van der Waals surface area contributed by atoms with E-state index < -0.39 is 0 Å². The minimum atomic E-state index is 0.608. The first-order valence-electron chi connectivity index (χ1n) is 8.27. The summed E-state index contributed by atoms with van der Waals surface area (Å²) >= 11 is 1.74. The molecule has 1 saturated carbocycles. The lowest BCUT2D eigenvalue weighted by molar-refractivity contribution is 0.604. The summed E-state index contributed by atoms with van der Waals surface area (Å²) in [7, 11) is 0. The summed E-state index contributed by atoms with van der Waals surface area (Å²) in [5.74, 6) is 1.23. The van der Waals surface area contributed by atoms with Gasteiger partial charge in [0, 0.05) is 36.8 Å². The maximum Gasteiger partial charge on any atom is 0.195 e. The van der Waals surface area contributed by atoms with Crippen LogP contribution < -0.4 is 10.2 Å². The van der Waals surface area contributed by atoms with Crippen LogP contribution in [0.5, 0.6) is 0 Å². The third-order valence-electron chi connectivity index (χ3n) is 4.80. The summed E-state index contributed by atoms with van der Waals surface area (Å²) in [5.41, 5.74) is 1.35. The van der Waals surface area contributed by atoms with E-state index in [2.05, 4.69) is 33.1 Å². The highest BCUT2D eigenvalue weighted by molar-refractivity contribution is 7.15. The smallest absolute Gasteiger partial charge is 0.195 e. The third kappa shape index (κ3) is 2.69. The van der Waals surface area contributed by atoms with E-state index in [4.69, 9.17) is 4.98 Å². The highest BCUT2D eigenvalue weighted by Gasteiger charge is 2.26. The Morgan fingerprint density at radius 3 is 3.05 bits per heavy atom.